The third kappa shape index (κ3) is 60.2. The van der Waals surface area contributed by atoms with Crippen LogP contribution in [0.25, 0.3) is 0 Å². The second-order valence-corrected chi connectivity index (χ2v) is 20.4. The molecule has 0 bridgehead atoms. The molecule has 7 amide bonds. The summed E-state index contributed by atoms with van der Waals surface area (Å²) in [6.07, 6.45) is 2.77. The maximum absolute atomic E-state index is 12.8. The lowest BCUT2D eigenvalue weighted by Crippen LogP contribution is -2.53. The molecule has 1 aliphatic heterocycles. The summed E-state index contributed by atoms with van der Waals surface area (Å²) in [5, 5.41) is 19.6. The standard InChI is InChI=1S/C61H112N6O28/c1-52(2)58(59(72)65-53(60(73)74)4-3-9-64-61(62)75)66-55(69)8-12-76-14-16-78-18-20-80-22-24-82-26-28-84-30-32-86-34-36-88-38-40-90-42-44-92-46-48-94-50-51-95-49-47-93-45-43-91-41-39-89-37-35-87-33-31-85-29-27-83-25-23-81-21-19-79-17-15-77-13-10-63-54(68)7-11-67-56(70)5-6-57(67)71/h5-6,52-53,58H,3-4,7-51H2,1-2H3,(H,63,68)(H,65,72)(H,66,69)(H,73,74)(H3,62,64,75)/t53-,58-/m0/s1. The molecule has 1 aliphatic rings. The van der Waals surface area contributed by atoms with E-state index >= 15 is 0 Å². The molecule has 0 aromatic rings. The number of carbonyl (C=O) groups excluding carboxylic acids is 6. The number of aliphatic carboxylic acids is 1. The van der Waals surface area contributed by atoms with Gasteiger partial charge in [-0.25, -0.2) is 9.59 Å². The van der Waals surface area contributed by atoms with Crippen LogP contribution in [-0.4, -0.2) is 348 Å². The average Bonchev–Trinajstić information content (AvgIpc) is 1.90. The zero-order valence-electron chi connectivity index (χ0n) is 56.1. The molecule has 1 rings (SSSR count). The van der Waals surface area contributed by atoms with Gasteiger partial charge in [-0.2, -0.15) is 0 Å². The zero-order valence-corrected chi connectivity index (χ0v) is 56.1. The number of rotatable bonds is 75. The van der Waals surface area contributed by atoms with E-state index in [0.29, 0.717) is 258 Å². The number of hydrogen-bond donors (Lipinski definition) is 6. The van der Waals surface area contributed by atoms with Crippen LogP contribution in [0.3, 0.4) is 0 Å². The lowest BCUT2D eigenvalue weighted by molar-refractivity contribution is -0.142. The van der Waals surface area contributed by atoms with Crippen molar-refractivity contribution in [2.24, 2.45) is 11.7 Å². The Hall–Kier alpha value is -4.77. The molecule has 0 saturated heterocycles. The van der Waals surface area contributed by atoms with Crippen LogP contribution >= 0.6 is 0 Å². The monoisotopic (exact) mass is 1380 g/mol. The van der Waals surface area contributed by atoms with Crippen molar-refractivity contribution in [3.8, 4) is 0 Å². The molecule has 0 aromatic heterocycles. The van der Waals surface area contributed by atoms with Crippen molar-refractivity contribution in [2.45, 2.75) is 51.6 Å². The third-order valence-corrected chi connectivity index (χ3v) is 12.4. The van der Waals surface area contributed by atoms with Crippen LogP contribution in [-0.2, 0) is 124 Å². The van der Waals surface area contributed by atoms with Crippen LogP contribution in [0.1, 0.15) is 39.5 Å². The minimum absolute atomic E-state index is 0.000226. The fraction of sp³-hybridized carbons (Fsp3) is 0.852. The van der Waals surface area contributed by atoms with Gasteiger partial charge in [0.1, 0.15) is 12.1 Å². The van der Waals surface area contributed by atoms with Gasteiger partial charge in [-0.3, -0.25) is 28.9 Å². The van der Waals surface area contributed by atoms with E-state index in [-0.39, 0.29) is 63.8 Å². The molecular weight excluding hydrogens is 1260 g/mol. The molecule has 0 saturated carbocycles. The highest BCUT2D eigenvalue weighted by Gasteiger charge is 2.29. The van der Waals surface area contributed by atoms with Crippen molar-refractivity contribution in [1.29, 1.82) is 0 Å². The molecule has 0 unspecified atom stereocenters. The first-order valence-electron chi connectivity index (χ1n) is 32.6. The molecule has 95 heavy (non-hydrogen) atoms. The van der Waals surface area contributed by atoms with Gasteiger partial charge in [0.2, 0.25) is 17.7 Å². The minimum atomic E-state index is -1.23. The number of carboxylic acid groups (broad SMARTS) is 1. The lowest BCUT2D eigenvalue weighted by atomic mass is 10.0. The van der Waals surface area contributed by atoms with Crippen molar-refractivity contribution in [3.05, 3.63) is 12.2 Å². The lowest BCUT2D eigenvalue weighted by Gasteiger charge is -2.24. The number of ether oxygens (including phenoxy) is 20. The first-order valence-corrected chi connectivity index (χ1v) is 32.6. The molecule has 0 radical (unpaired) electrons. The second kappa shape index (κ2) is 67.8. The fourth-order valence-electron chi connectivity index (χ4n) is 7.48. The number of carboxylic acids is 1. The van der Waals surface area contributed by atoms with Crippen molar-refractivity contribution in [2.75, 3.05) is 284 Å². The van der Waals surface area contributed by atoms with E-state index in [2.05, 4.69) is 21.3 Å². The summed E-state index contributed by atoms with van der Waals surface area (Å²) in [7, 11) is 0. The van der Waals surface area contributed by atoms with E-state index < -0.39 is 47.7 Å². The van der Waals surface area contributed by atoms with Gasteiger partial charge in [0.25, 0.3) is 11.8 Å². The highest BCUT2D eigenvalue weighted by atomic mass is 16.6. The third-order valence-electron chi connectivity index (χ3n) is 12.4. The van der Waals surface area contributed by atoms with E-state index in [1.165, 1.54) is 12.2 Å². The maximum Gasteiger partial charge on any atom is 0.326 e. The second-order valence-electron chi connectivity index (χ2n) is 20.4. The molecule has 0 aliphatic carbocycles. The predicted molar refractivity (Wildman–Crippen MR) is 338 cm³/mol. The number of hydrogen-bond acceptors (Lipinski definition) is 27. The highest BCUT2D eigenvalue weighted by Crippen LogP contribution is 2.07. The summed E-state index contributed by atoms with van der Waals surface area (Å²) < 4.78 is 110. The van der Waals surface area contributed by atoms with E-state index in [9.17, 15) is 38.7 Å². The molecule has 7 N–H and O–H groups in total. The van der Waals surface area contributed by atoms with E-state index in [1.54, 1.807) is 13.8 Å². The molecule has 554 valence electrons. The summed E-state index contributed by atoms with van der Waals surface area (Å²) in [4.78, 5) is 83.6. The van der Waals surface area contributed by atoms with E-state index in [1.807, 2.05) is 0 Å². The minimum Gasteiger partial charge on any atom is -0.480 e. The van der Waals surface area contributed by atoms with E-state index in [0.717, 1.165) is 4.90 Å². The fourth-order valence-corrected chi connectivity index (χ4v) is 7.48. The molecule has 1 heterocycles. The van der Waals surface area contributed by atoms with Crippen LogP contribution < -0.4 is 27.0 Å². The van der Waals surface area contributed by atoms with Gasteiger partial charge in [-0.15, -0.1) is 0 Å². The number of amides is 7. The Morgan fingerprint density at radius 2 is 0.653 bits per heavy atom. The Morgan fingerprint density at radius 3 is 0.916 bits per heavy atom. The summed E-state index contributed by atoms with van der Waals surface area (Å²) in [5.74, 6) is -3.65. The van der Waals surface area contributed by atoms with Crippen LogP contribution in [0.15, 0.2) is 12.2 Å². The van der Waals surface area contributed by atoms with Crippen molar-refractivity contribution >= 4 is 41.5 Å². The molecule has 34 nitrogen and oxygen atoms in total. The Bertz CT molecular complexity index is 1890. The number of primary amides is 1. The molecule has 0 aromatic carbocycles. The Kier molecular flexibility index (Phi) is 63.0. The van der Waals surface area contributed by atoms with Gasteiger partial charge in [0.15, 0.2) is 0 Å². The molecule has 0 fully saturated rings. The SMILES string of the molecule is CC(C)[C@H](NC(=O)CCOCCOCCOCCOCCOCCOCCOCCOCCOCCOCCOCCOCCOCCOCCOCCOCCOCCOCCOCCOCCNC(=O)CCN1C(=O)C=CC1=O)C(=O)N[C@@H](CCCNC(N)=O)C(=O)O. The summed E-state index contributed by atoms with van der Waals surface area (Å²) in [6, 6.07) is -2.86. The van der Waals surface area contributed by atoms with Gasteiger partial charge in [-0.05, 0) is 18.8 Å². The largest absolute Gasteiger partial charge is 0.480 e. The van der Waals surface area contributed by atoms with E-state index in [4.69, 9.17) is 100 Å². The summed E-state index contributed by atoms with van der Waals surface area (Å²) >= 11 is 0. The Morgan fingerprint density at radius 1 is 0.379 bits per heavy atom. The first kappa shape index (κ1) is 88.2. The molecular formula is C61H112N6O28. The normalized spacial score (nSPS) is 12.9. The van der Waals surface area contributed by atoms with Gasteiger partial charge in [0, 0.05) is 44.6 Å². The van der Waals surface area contributed by atoms with Crippen molar-refractivity contribution in [1.82, 2.24) is 26.2 Å². The number of imide groups is 1. The van der Waals surface area contributed by atoms with Gasteiger partial charge in [-0.1, -0.05) is 13.8 Å². The maximum atomic E-state index is 12.8. The van der Waals surface area contributed by atoms with Gasteiger partial charge < -0.3 is 127 Å². The topological polar surface area (TPSA) is 402 Å². The number of urea groups is 1. The van der Waals surface area contributed by atoms with Gasteiger partial charge in [0.05, 0.1) is 264 Å². The smallest absolute Gasteiger partial charge is 0.326 e. The van der Waals surface area contributed by atoms with Gasteiger partial charge >= 0.3 is 12.0 Å². The Balaban J connectivity index is 1.67. The molecule has 2 atom stereocenters. The van der Waals surface area contributed by atoms with Crippen LogP contribution in [0.2, 0.25) is 0 Å². The first-order chi connectivity index (χ1) is 46.4. The number of carbonyl (C=O) groups is 7. The average molecular weight is 1380 g/mol. The number of nitrogens with zero attached hydrogens (tertiary/aromatic N) is 1. The van der Waals surface area contributed by atoms with Crippen LogP contribution in [0.4, 0.5) is 4.79 Å². The van der Waals surface area contributed by atoms with Crippen LogP contribution in [0, 0.1) is 5.92 Å². The van der Waals surface area contributed by atoms with Crippen molar-refractivity contribution < 1.29 is 133 Å². The summed E-state index contributed by atoms with van der Waals surface area (Å²) in [5.41, 5.74) is 5.01. The quantitative estimate of drug-likeness (QED) is 0.0292. The number of nitrogens with two attached hydrogens (primary N) is 1. The van der Waals surface area contributed by atoms with Crippen LogP contribution in [0.5, 0.6) is 0 Å². The Labute approximate surface area is 558 Å². The zero-order chi connectivity index (χ0) is 69.0. The summed E-state index contributed by atoms with van der Waals surface area (Å²) in [6.45, 7) is 20.8. The molecule has 0 spiro atoms. The highest BCUT2D eigenvalue weighted by molar-refractivity contribution is 6.13. The molecule has 34 heteroatoms. The predicted octanol–water partition coefficient (Wildman–Crippen LogP) is -1.70. The number of nitrogens with one attached hydrogen (secondary N) is 4. The van der Waals surface area contributed by atoms with Crippen molar-refractivity contribution in [3.63, 3.8) is 0 Å².